The number of hydrogen-bond acceptors (Lipinski definition) is 6. The van der Waals surface area contributed by atoms with E-state index in [1.54, 1.807) is 31.3 Å². The number of nitrogens with one attached hydrogen (secondary N) is 3. The van der Waals surface area contributed by atoms with Gasteiger partial charge in [-0.25, -0.2) is 4.79 Å². The van der Waals surface area contributed by atoms with E-state index in [1.807, 2.05) is 52.0 Å². The summed E-state index contributed by atoms with van der Waals surface area (Å²) in [6.45, 7) is 7.75. The molecule has 0 heterocycles. The lowest BCUT2D eigenvalue weighted by molar-refractivity contribution is -0.113. The normalized spacial score (nSPS) is 11.0. The Morgan fingerprint density at radius 1 is 1.10 bits per heavy atom. The minimum atomic E-state index is -0.796. The molecule has 0 fully saturated rings. The van der Waals surface area contributed by atoms with Crippen LogP contribution in [0.4, 0.5) is 10.5 Å². The molecule has 0 bridgehead atoms. The Hall–Kier alpha value is -3.39. The summed E-state index contributed by atoms with van der Waals surface area (Å²) in [4.78, 5) is 35.7. The van der Waals surface area contributed by atoms with Crippen LogP contribution in [0.5, 0.6) is 0 Å². The maximum absolute atomic E-state index is 12.6. The van der Waals surface area contributed by atoms with Gasteiger partial charge in [0.25, 0.3) is 5.91 Å². The van der Waals surface area contributed by atoms with Crippen LogP contribution >= 0.6 is 0 Å². The summed E-state index contributed by atoms with van der Waals surface area (Å²) in [5.41, 5.74) is 1.57. The highest BCUT2D eigenvalue weighted by atomic mass is 16.5. The monoisotopic (exact) mass is 433 g/mol. The van der Waals surface area contributed by atoms with Crippen LogP contribution in [0.1, 0.15) is 34.1 Å². The Kier molecular flexibility index (Phi) is 19.1. The fourth-order valence-corrected chi connectivity index (χ4v) is 2.13. The summed E-state index contributed by atoms with van der Waals surface area (Å²) >= 11 is 0. The van der Waals surface area contributed by atoms with Crippen LogP contribution in [-0.2, 0) is 14.3 Å². The van der Waals surface area contributed by atoms with Crippen LogP contribution in [0.25, 0.3) is 0 Å². The number of rotatable bonds is 9. The van der Waals surface area contributed by atoms with Gasteiger partial charge < -0.3 is 25.3 Å². The summed E-state index contributed by atoms with van der Waals surface area (Å²) in [5.74, 6) is -0.566. The highest BCUT2D eigenvalue weighted by Crippen LogP contribution is 2.10. The molecule has 0 aromatic heterocycles. The standard InChI is InChI=1S/C20H25N3O4.C2H6.CH4O/c1-4-9-15(5-2)14-27-20(26)23-18(17(21-3)12-13-24)19(25)22-16-10-7-6-8-11-16;2*1-2/h4-11,13,21H,12,14H2,1-3H3,(H,22,25)(H,23,26);1-2H3;2H,1H3/b9-4-,15-5+,18-17+;;. The SMILES string of the molecule is C/C=C\C(=C/C)COC(=O)N/C(C(=O)Nc1ccccc1)=C(\CC=O)NC.CC.CO. The zero-order valence-electron chi connectivity index (χ0n) is 19.2. The molecule has 31 heavy (non-hydrogen) atoms. The maximum atomic E-state index is 12.6. The second kappa shape index (κ2) is 19.9. The van der Waals surface area contributed by atoms with Gasteiger partial charge in [0.15, 0.2) is 0 Å². The second-order valence-corrected chi connectivity index (χ2v) is 5.36. The molecule has 0 spiro atoms. The molecule has 2 amide bonds. The molecule has 1 aromatic carbocycles. The fraction of sp³-hybridized carbons (Fsp3) is 0.348. The molecule has 0 aliphatic heterocycles. The number of aliphatic hydroxyl groups excluding tert-OH is 1. The number of benzene rings is 1. The number of aldehydes is 1. The molecule has 0 saturated carbocycles. The lowest BCUT2D eigenvalue weighted by Gasteiger charge is -2.15. The van der Waals surface area contributed by atoms with Crippen LogP contribution in [0.15, 0.2) is 65.5 Å². The molecule has 0 saturated heterocycles. The minimum absolute atomic E-state index is 0.0584. The van der Waals surface area contributed by atoms with Gasteiger partial charge >= 0.3 is 6.09 Å². The van der Waals surface area contributed by atoms with Crippen molar-refractivity contribution in [2.24, 2.45) is 0 Å². The first-order valence-corrected chi connectivity index (χ1v) is 9.93. The van der Waals surface area contributed by atoms with Gasteiger partial charge in [0.05, 0.1) is 0 Å². The third-order valence-electron chi connectivity index (χ3n) is 3.50. The number of carbonyl (C=O) groups is 3. The number of carbonyl (C=O) groups excluding carboxylic acids is 3. The fourth-order valence-electron chi connectivity index (χ4n) is 2.13. The largest absolute Gasteiger partial charge is 0.444 e. The Labute approximate surface area is 185 Å². The summed E-state index contributed by atoms with van der Waals surface area (Å²) in [6, 6.07) is 8.77. The predicted octanol–water partition coefficient (Wildman–Crippen LogP) is 3.53. The lowest BCUT2D eigenvalue weighted by Crippen LogP contribution is -2.35. The molecule has 0 aliphatic rings. The van der Waals surface area contributed by atoms with Gasteiger partial charge in [0.2, 0.25) is 0 Å². The van der Waals surface area contributed by atoms with Crippen molar-refractivity contribution in [3.05, 3.63) is 65.5 Å². The molecule has 172 valence electrons. The first-order valence-electron chi connectivity index (χ1n) is 9.93. The number of anilines is 1. The van der Waals surface area contributed by atoms with Crippen molar-refractivity contribution in [3.8, 4) is 0 Å². The molecule has 8 nitrogen and oxygen atoms in total. The summed E-state index contributed by atoms with van der Waals surface area (Å²) < 4.78 is 5.15. The Balaban J connectivity index is 0. The van der Waals surface area contributed by atoms with Crippen LogP contribution in [0.3, 0.4) is 0 Å². The first kappa shape index (κ1) is 29.8. The highest BCUT2D eigenvalue weighted by Gasteiger charge is 2.19. The maximum Gasteiger partial charge on any atom is 0.412 e. The molecule has 1 aromatic rings. The van der Waals surface area contributed by atoms with E-state index in [0.29, 0.717) is 12.0 Å². The van der Waals surface area contributed by atoms with Gasteiger partial charge in [0, 0.05) is 32.0 Å². The third-order valence-corrected chi connectivity index (χ3v) is 3.50. The summed E-state index contributed by atoms with van der Waals surface area (Å²) in [7, 11) is 2.56. The van der Waals surface area contributed by atoms with Crippen molar-refractivity contribution < 1.29 is 24.2 Å². The molecule has 8 heteroatoms. The van der Waals surface area contributed by atoms with Crippen molar-refractivity contribution >= 4 is 24.0 Å². The molecular weight excluding hydrogens is 398 g/mol. The van der Waals surface area contributed by atoms with E-state index >= 15 is 0 Å². The molecular formula is C23H35N3O5. The van der Waals surface area contributed by atoms with Gasteiger partial charge in [-0.1, -0.05) is 50.3 Å². The number of alkyl carbamates (subject to hydrolysis) is 1. The quantitative estimate of drug-likeness (QED) is 0.269. The zero-order valence-corrected chi connectivity index (χ0v) is 19.2. The number of para-hydroxylation sites is 1. The van der Waals surface area contributed by atoms with Crippen LogP contribution in [0.2, 0.25) is 0 Å². The Morgan fingerprint density at radius 2 is 1.71 bits per heavy atom. The number of aliphatic hydroxyl groups is 1. The van der Waals surface area contributed by atoms with Gasteiger partial charge in [-0.2, -0.15) is 0 Å². The zero-order chi connectivity index (χ0) is 24.1. The predicted molar refractivity (Wildman–Crippen MR) is 124 cm³/mol. The number of allylic oxidation sites excluding steroid dienone is 3. The molecule has 1 rings (SSSR count). The van der Waals surface area contributed by atoms with Crippen molar-refractivity contribution in [2.45, 2.75) is 34.1 Å². The minimum Gasteiger partial charge on any atom is -0.444 e. The summed E-state index contributed by atoms with van der Waals surface area (Å²) in [5, 5.41) is 14.9. The van der Waals surface area contributed by atoms with Gasteiger partial charge in [-0.3, -0.25) is 10.1 Å². The topological polar surface area (TPSA) is 117 Å². The number of hydrogen-bond donors (Lipinski definition) is 4. The van der Waals surface area contributed by atoms with Gasteiger partial charge in [-0.15, -0.1) is 0 Å². The lowest BCUT2D eigenvalue weighted by atomic mass is 10.2. The van der Waals surface area contributed by atoms with E-state index in [0.717, 1.165) is 12.7 Å². The van der Waals surface area contributed by atoms with E-state index < -0.39 is 12.0 Å². The van der Waals surface area contributed by atoms with E-state index in [1.165, 1.54) is 0 Å². The third kappa shape index (κ3) is 12.7. The van der Waals surface area contributed by atoms with Crippen LogP contribution in [-0.4, -0.2) is 44.2 Å². The van der Waals surface area contributed by atoms with Crippen molar-refractivity contribution in [2.75, 3.05) is 26.1 Å². The van der Waals surface area contributed by atoms with Crippen LogP contribution < -0.4 is 16.0 Å². The van der Waals surface area contributed by atoms with E-state index in [-0.39, 0.29) is 24.4 Å². The van der Waals surface area contributed by atoms with Crippen molar-refractivity contribution in [1.82, 2.24) is 10.6 Å². The van der Waals surface area contributed by atoms with E-state index in [4.69, 9.17) is 9.84 Å². The molecule has 0 radical (unpaired) electrons. The molecule has 0 unspecified atom stereocenters. The number of amides is 2. The van der Waals surface area contributed by atoms with Gasteiger partial charge in [0.1, 0.15) is 18.6 Å². The van der Waals surface area contributed by atoms with Crippen molar-refractivity contribution in [1.29, 1.82) is 0 Å². The smallest absolute Gasteiger partial charge is 0.412 e. The number of ether oxygens (including phenoxy) is 1. The van der Waals surface area contributed by atoms with E-state index in [2.05, 4.69) is 16.0 Å². The molecule has 0 aliphatic carbocycles. The highest BCUT2D eigenvalue weighted by molar-refractivity contribution is 6.06. The second-order valence-electron chi connectivity index (χ2n) is 5.36. The Morgan fingerprint density at radius 3 is 2.19 bits per heavy atom. The first-order chi connectivity index (χ1) is 15.0. The average molecular weight is 434 g/mol. The molecule has 4 N–H and O–H groups in total. The average Bonchev–Trinajstić information content (AvgIpc) is 2.82. The van der Waals surface area contributed by atoms with Gasteiger partial charge in [-0.05, 0) is 31.6 Å². The van der Waals surface area contributed by atoms with E-state index in [9.17, 15) is 14.4 Å². The van der Waals surface area contributed by atoms with Crippen molar-refractivity contribution in [3.63, 3.8) is 0 Å². The summed E-state index contributed by atoms with van der Waals surface area (Å²) in [6.07, 6.45) is 5.25. The molecule has 0 atom stereocenters. The Bertz CT molecular complexity index is 741. The van der Waals surface area contributed by atoms with Crippen LogP contribution in [0, 0.1) is 0 Å².